The molecule has 0 saturated heterocycles. The van der Waals surface area contributed by atoms with Crippen molar-refractivity contribution in [3.8, 4) is 0 Å². The molecular weight excluding hydrogens is 430 g/mol. The predicted molar refractivity (Wildman–Crippen MR) is 107 cm³/mol. The Kier molecular flexibility index (Phi) is 6.44. The summed E-state index contributed by atoms with van der Waals surface area (Å²) in [6, 6.07) is 13.9. The number of amides is 1. The number of benzene rings is 2. The topological polar surface area (TPSA) is 66.4 Å². The fourth-order valence-electron chi connectivity index (χ4n) is 2.29. The first-order valence-corrected chi connectivity index (χ1v) is 9.03. The Bertz CT molecular complexity index is 1010. The van der Waals surface area contributed by atoms with Gasteiger partial charge >= 0.3 is 0 Å². The molecule has 0 aliphatic carbocycles. The van der Waals surface area contributed by atoms with Gasteiger partial charge in [-0.25, -0.2) is 13.8 Å². The number of pyridine rings is 1. The summed E-state index contributed by atoms with van der Waals surface area (Å²) in [5.41, 5.74) is 1.51. The van der Waals surface area contributed by atoms with Gasteiger partial charge in [0.15, 0.2) is 11.6 Å². The van der Waals surface area contributed by atoms with Gasteiger partial charge in [0.2, 0.25) is 5.96 Å². The van der Waals surface area contributed by atoms with E-state index in [4.69, 9.17) is 0 Å². The van der Waals surface area contributed by atoms with Gasteiger partial charge in [-0.15, -0.1) is 0 Å². The van der Waals surface area contributed by atoms with E-state index >= 15 is 0 Å². The largest absolute Gasteiger partial charge is 0.326 e. The zero-order valence-electron chi connectivity index (χ0n) is 14.5. The molecule has 8 heteroatoms. The van der Waals surface area contributed by atoms with Crippen LogP contribution in [0.2, 0.25) is 0 Å². The van der Waals surface area contributed by atoms with Crippen LogP contribution in [0.25, 0.3) is 0 Å². The number of guanidine groups is 1. The lowest BCUT2D eigenvalue weighted by Crippen LogP contribution is -2.36. The smallest absolute Gasteiger partial charge is 0.258 e. The maximum Gasteiger partial charge on any atom is 0.258 e. The van der Waals surface area contributed by atoms with E-state index in [2.05, 4.69) is 36.5 Å². The molecule has 0 fully saturated rings. The van der Waals surface area contributed by atoms with E-state index in [1.165, 1.54) is 6.07 Å². The molecule has 28 heavy (non-hydrogen) atoms. The normalized spacial score (nSPS) is 11.2. The van der Waals surface area contributed by atoms with E-state index in [0.717, 1.165) is 22.2 Å². The van der Waals surface area contributed by atoms with Crippen LogP contribution < -0.4 is 10.6 Å². The van der Waals surface area contributed by atoms with Crippen LogP contribution in [-0.2, 0) is 6.54 Å². The lowest BCUT2D eigenvalue weighted by molar-refractivity contribution is 0.0976. The maximum atomic E-state index is 13.4. The van der Waals surface area contributed by atoms with Gasteiger partial charge in [-0.05, 0) is 48.0 Å². The fourth-order valence-corrected chi connectivity index (χ4v) is 2.69. The minimum absolute atomic E-state index is 0.0241. The van der Waals surface area contributed by atoms with E-state index in [9.17, 15) is 13.6 Å². The van der Waals surface area contributed by atoms with Crippen molar-refractivity contribution in [1.82, 2.24) is 10.3 Å². The van der Waals surface area contributed by atoms with Crippen LogP contribution in [0.5, 0.6) is 0 Å². The molecule has 2 N–H and O–H groups in total. The number of carbonyl (C=O) groups is 1. The number of anilines is 1. The van der Waals surface area contributed by atoms with Crippen molar-refractivity contribution in [2.24, 2.45) is 4.99 Å². The van der Waals surface area contributed by atoms with Crippen LogP contribution in [0.3, 0.4) is 0 Å². The number of nitrogens with one attached hydrogen (secondary N) is 2. The number of nitrogens with zero attached hydrogens (tertiary/aromatic N) is 2. The predicted octanol–water partition coefficient (Wildman–Crippen LogP) is 4.52. The quantitative estimate of drug-likeness (QED) is 0.459. The molecular formula is C20H15BrF2N4O. The van der Waals surface area contributed by atoms with Crippen LogP contribution >= 0.6 is 15.9 Å². The van der Waals surface area contributed by atoms with Crippen molar-refractivity contribution in [3.63, 3.8) is 0 Å². The van der Waals surface area contributed by atoms with Crippen molar-refractivity contribution in [2.75, 3.05) is 5.32 Å². The summed E-state index contributed by atoms with van der Waals surface area (Å²) in [4.78, 5) is 20.8. The zero-order valence-corrected chi connectivity index (χ0v) is 16.1. The first kappa shape index (κ1) is 19.6. The molecule has 3 aromatic rings. The van der Waals surface area contributed by atoms with Gasteiger partial charge in [0.1, 0.15) is 0 Å². The van der Waals surface area contributed by atoms with Gasteiger partial charge < -0.3 is 5.32 Å². The second kappa shape index (κ2) is 9.18. The lowest BCUT2D eigenvalue weighted by atomic mass is 10.2. The van der Waals surface area contributed by atoms with Gasteiger partial charge in [0, 0.05) is 28.1 Å². The molecule has 3 rings (SSSR count). The molecule has 5 nitrogen and oxygen atoms in total. The summed E-state index contributed by atoms with van der Waals surface area (Å²) in [5, 5.41) is 5.61. The van der Waals surface area contributed by atoms with Crippen molar-refractivity contribution in [1.29, 1.82) is 0 Å². The van der Waals surface area contributed by atoms with Crippen LogP contribution in [0.4, 0.5) is 14.5 Å². The average Bonchev–Trinajstić information content (AvgIpc) is 2.69. The molecule has 0 atom stereocenters. The van der Waals surface area contributed by atoms with E-state index in [0.29, 0.717) is 5.69 Å². The molecule has 0 saturated carbocycles. The van der Waals surface area contributed by atoms with Crippen LogP contribution in [0, 0.1) is 11.6 Å². The highest BCUT2D eigenvalue weighted by Gasteiger charge is 2.12. The number of aromatic nitrogens is 1. The Hall–Kier alpha value is -3.13. The highest BCUT2D eigenvalue weighted by atomic mass is 79.9. The van der Waals surface area contributed by atoms with Crippen molar-refractivity contribution < 1.29 is 13.6 Å². The molecule has 0 unspecified atom stereocenters. The Morgan fingerprint density at radius 1 is 1.07 bits per heavy atom. The second-order valence-corrected chi connectivity index (χ2v) is 6.66. The molecule has 2 aromatic carbocycles. The number of carbonyl (C=O) groups excluding carboxylic acids is 1. The third kappa shape index (κ3) is 5.43. The van der Waals surface area contributed by atoms with Crippen molar-refractivity contribution >= 4 is 33.5 Å². The number of aliphatic imine (C=N–C) groups is 1. The number of rotatable bonds is 4. The first-order valence-electron chi connectivity index (χ1n) is 8.23. The molecule has 1 aromatic heterocycles. The summed E-state index contributed by atoms with van der Waals surface area (Å²) < 4.78 is 27.4. The summed E-state index contributed by atoms with van der Waals surface area (Å²) >= 11 is 3.38. The second-order valence-electron chi connectivity index (χ2n) is 5.74. The molecule has 0 aliphatic heterocycles. The third-order valence-corrected chi connectivity index (χ3v) is 4.14. The molecule has 1 heterocycles. The third-order valence-electron chi connectivity index (χ3n) is 3.64. The highest BCUT2D eigenvalue weighted by Crippen LogP contribution is 2.16. The van der Waals surface area contributed by atoms with Crippen LogP contribution in [0.1, 0.15) is 15.9 Å². The molecule has 0 aliphatic rings. The minimum atomic E-state index is -1.10. The highest BCUT2D eigenvalue weighted by molar-refractivity contribution is 9.10. The molecule has 0 radical (unpaired) electrons. The van der Waals surface area contributed by atoms with E-state index < -0.39 is 17.5 Å². The van der Waals surface area contributed by atoms with Gasteiger partial charge in [0.05, 0.1) is 6.54 Å². The Morgan fingerprint density at radius 3 is 2.64 bits per heavy atom. The molecule has 1 amide bonds. The maximum absolute atomic E-state index is 13.4. The van der Waals surface area contributed by atoms with Crippen molar-refractivity contribution in [3.05, 3.63) is 94.2 Å². The molecule has 142 valence electrons. The Labute approximate surface area is 168 Å². The van der Waals surface area contributed by atoms with E-state index in [1.54, 1.807) is 24.5 Å². The average molecular weight is 445 g/mol. The first-order chi connectivity index (χ1) is 13.5. The monoisotopic (exact) mass is 444 g/mol. The van der Waals surface area contributed by atoms with E-state index in [-0.39, 0.29) is 18.1 Å². The lowest BCUT2D eigenvalue weighted by Gasteiger charge is -2.12. The summed E-state index contributed by atoms with van der Waals surface area (Å²) in [6.45, 7) is 0.266. The Morgan fingerprint density at radius 2 is 1.93 bits per heavy atom. The fraction of sp³-hybridized carbons (Fsp3) is 0.0500. The van der Waals surface area contributed by atoms with E-state index in [1.807, 2.05) is 24.3 Å². The van der Waals surface area contributed by atoms with Gasteiger partial charge in [-0.1, -0.05) is 28.1 Å². The zero-order chi connectivity index (χ0) is 19.9. The minimum Gasteiger partial charge on any atom is -0.326 e. The summed E-state index contributed by atoms with van der Waals surface area (Å²) in [6.07, 6.45) is 3.32. The van der Waals surface area contributed by atoms with Crippen molar-refractivity contribution in [2.45, 2.75) is 6.54 Å². The van der Waals surface area contributed by atoms with Gasteiger partial charge in [-0.2, -0.15) is 0 Å². The molecule has 0 spiro atoms. The number of hydrogen-bond donors (Lipinski definition) is 2. The SMILES string of the molecule is O=C(NC(=NCc1cccnc1)Nc1cccc(Br)c1)c1ccc(F)c(F)c1. The van der Waals surface area contributed by atoms with Gasteiger partial charge in [-0.3, -0.25) is 15.1 Å². The van der Waals surface area contributed by atoms with Crippen LogP contribution in [-0.4, -0.2) is 16.9 Å². The Balaban J connectivity index is 1.82. The van der Waals surface area contributed by atoms with Crippen LogP contribution in [0.15, 0.2) is 76.5 Å². The number of halogens is 3. The van der Waals surface area contributed by atoms with Gasteiger partial charge in [0.25, 0.3) is 5.91 Å². The summed E-state index contributed by atoms with van der Waals surface area (Å²) in [7, 11) is 0. The number of hydrogen-bond acceptors (Lipinski definition) is 3. The summed E-state index contributed by atoms with van der Waals surface area (Å²) in [5.74, 6) is -2.57. The standard InChI is InChI=1S/C20H15BrF2N4O/c21-15-4-1-5-16(10-15)26-20(25-12-13-3-2-8-24-11-13)27-19(28)14-6-7-17(22)18(23)9-14/h1-11H,12H2,(H2,25,26,27,28). The molecule has 0 bridgehead atoms.